The Kier molecular flexibility index (Phi) is 3.68. The van der Waals surface area contributed by atoms with Gasteiger partial charge in [-0.3, -0.25) is 9.97 Å². The molecule has 0 radical (unpaired) electrons. The molecule has 0 bridgehead atoms. The smallest absolute Gasteiger partial charge is 0.0900 e. The first-order valence-corrected chi connectivity index (χ1v) is 6.83. The van der Waals surface area contributed by atoms with Crippen molar-refractivity contribution in [2.24, 2.45) is 0 Å². The van der Waals surface area contributed by atoms with Gasteiger partial charge in [-0.15, -0.1) is 0 Å². The second kappa shape index (κ2) is 5.61. The van der Waals surface area contributed by atoms with E-state index < -0.39 is 0 Å². The number of rotatable bonds is 2. The summed E-state index contributed by atoms with van der Waals surface area (Å²) in [5.74, 6) is 0. The molecule has 0 N–H and O–H groups in total. The molecule has 98 valence electrons. The van der Waals surface area contributed by atoms with E-state index in [2.05, 4.69) is 9.97 Å². The number of benzene rings is 2. The third-order valence-electron chi connectivity index (χ3n) is 2.95. The lowest BCUT2D eigenvalue weighted by Gasteiger charge is -2.06. The summed E-state index contributed by atoms with van der Waals surface area (Å²) in [5.41, 5.74) is 3.22. The van der Waals surface area contributed by atoms with Crippen LogP contribution in [0.3, 0.4) is 0 Å². The summed E-state index contributed by atoms with van der Waals surface area (Å²) in [7, 11) is 0. The van der Waals surface area contributed by atoms with Crippen LogP contribution in [-0.2, 0) is 0 Å². The molecule has 2 nitrogen and oxygen atoms in total. The van der Waals surface area contributed by atoms with Gasteiger partial charge in [0, 0.05) is 11.1 Å². The highest BCUT2D eigenvalue weighted by Gasteiger charge is 2.07. The van der Waals surface area contributed by atoms with Crippen LogP contribution in [0.4, 0.5) is 0 Å². The minimum Gasteiger partial charge on any atom is -0.252 e. The van der Waals surface area contributed by atoms with Crippen LogP contribution in [-0.4, -0.2) is 9.97 Å². The van der Waals surface area contributed by atoms with Crippen LogP contribution in [0.5, 0.6) is 0 Å². The molecule has 0 spiro atoms. The van der Waals surface area contributed by atoms with Crippen molar-refractivity contribution >= 4 is 23.2 Å². The van der Waals surface area contributed by atoms with Gasteiger partial charge in [0.05, 0.1) is 33.8 Å². The molecule has 20 heavy (non-hydrogen) atoms. The van der Waals surface area contributed by atoms with Crippen molar-refractivity contribution in [1.82, 2.24) is 9.97 Å². The van der Waals surface area contributed by atoms with Crippen LogP contribution in [0.15, 0.2) is 60.9 Å². The van der Waals surface area contributed by atoms with Crippen molar-refractivity contribution in [3.05, 3.63) is 71.0 Å². The third kappa shape index (κ3) is 2.53. The Morgan fingerprint density at radius 2 is 1.00 bits per heavy atom. The molecular formula is C16H10Cl2N2. The van der Waals surface area contributed by atoms with Crippen LogP contribution in [0, 0.1) is 0 Å². The topological polar surface area (TPSA) is 25.8 Å². The van der Waals surface area contributed by atoms with Crippen LogP contribution in [0.1, 0.15) is 0 Å². The summed E-state index contributed by atoms with van der Waals surface area (Å²) >= 11 is 12.3. The first kappa shape index (κ1) is 13.1. The summed E-state index contributed by atoms with van der Waals surface area (Å²) in [6, 6.07) is 15.1. The van der Waals surface area contributed by atoms with Crippen molar-refractivity contribution in [3.63, 3.8) is 0 Å². The minimum absolute atomic E-state index is 0.660. The largest absolute Gasteiger partial charge is 0.252 e. The predicted octanol–water partition coefficient (Wildman–Crippen LogP) is 5.12. The van der Waals surface area contributed by atoms with E-state index in [0.29, 0.717) is 10.0 Å². The number of aromatic nitrogens is 2. The molecule has 0 atom stereocenters. The summed E-state index contributed by atoms with van der Waals surface area (Å²) in [4.78, 5) is 8.84. The maximum Gasteiger partial charge on any atom is 0.0900 e. The van der Waals surface area contributed by atoms with Crippen LogP contribution < -0.4 is 0 Å². The molecular weight excluding hydrogens is 291 g/mol. The predicted molar refractivity (Wildman–Crippen MR) is 82.9 cm³/mol. The van der Waals surface area contributed by atoms with E-state index >= 15 is 0 Å². The summed E-state index contributed by atoms with van der Waals surface area (Å²) in [6.07, 6.45) is 3.42. The Labute approximate surface area is 127 Å². The third-order valence-corrected chi connectivity index (χ3v) is 3.61. The summed E-state index contributed by atoms with van der Waals surface area (Å²) in [6.45, 7) is 0. The quantitative estimate of drug-likeness (QED) is 0.656. The van der Waals surface area contributed by atoms with E-state index in [9.17, 15) is 0 Å². The maximum absolute atomic E-state index is 6.15. The maximum atomic E-state index is 6.15. The van der Waals surface area contributed by atoms with Gasteiger partial charge in [-0.05, 0) is 12.1 Å². The molecule has 0 aliphatic rings. The molecule has 0 aliphatic carbocycles. The van der Waals surface area contributed by atoms with Gasteiger partial charge in [-0.25, -0.2) is 0 Å². The van der Waals surface area contributed by atoms with Crippen molar-refractivity contribution < 1.29 is 0 Å². The second-order valence-electron chi connectivity index (χ2n) is 4.25. The van der Waals surface area contributed by atoms with E-state index in [1.54, 1.807) is 12.4 Å². The van der Waals surface area contributed by atoms with Gasteiger partial charge in [0.15, 0.2) is 0 Å². The fourth-order valence-electron chi connectivity index (χ4n) is 1.94. The summed E-state index contributed by atoms with van der Waals surface area (Å²) < 4.78 is 0. The van der Waals surface area contributed by atoms with Crippen molar-refractivity contribution in [1.29, 1.82) is 0 Å². The van der Waals surface area contributed by atoms with Gasteiger partial charge >= 0.3 is 0 Å². The van der Waals surface area contributed by atoms with Gasteiger partial charge in [-0.2, -0.15) is 0 Å². The molecule has 0 amide bonds. The van der Waals surface area contributed by atoms with Gasteiger partial charge in [0.25, 0.3) is 0 Å². The zero-order chi connectivity index (χ0) is 13.9. The monoisotopic (exact) mass is 300 g/mol. The van der Waals surface area contributed by atoms with Gasteiger partial charge in [0.1, 0.15) is 0 Å². The Balaban J connectivity index is 2.01. The highest BCUT2D eigenvalue weighted by Crippen LogP contribution is 2.28. The normalized spacial score (nSPS) is 10.5. The minimum atomic E-state index is 0.660. The zero-order valence-corrected chi connectivity index (χ0v) is 11.9. The van der Waals surface area contributed by atoms with Crippen molar-refractivity contribution in [3.8, 4) is 22.5 Å². The standard InChI is InChI=1S/C16H10Cl2N2/c17-13-7-3-1-5-11(13)15-9-20-16(10-19-15)12-6-2-4-8-14(12)18/h1-10H. The number of halogens is 2. The van der Waals surface area contributed by atoms with Crippen molar-refractivity contribution in [2.45, 2.75) is 0 Å². The van der Waals surface area contributed by atoms with E-state index in [4.69, 9.17) is 23.2 Å². The lowest BCUT2D eigenvalue weighted by Crippen LogP contribution is -1.90. The molecule has 1 aromatic heterocycles. The van der Waals surface area contributed by atoms with E-state index in [0.717, 1.165) is 22.5 Å². The molecule has 1 heterocycles. The summed E-state index contributed by atoms with van der Waals surface area (Å²) in [5, 5.41) is 1.32. The van der Waals surface area contributed by atoms with E-state index in [-0.39, 0.29) is 0 Å². The van der Waals surface area contributed by atoms with Crippen LogP contribution in [0.25, 0.3) is 22.5 Å². The Hall–Kier alpha value is -1.90. The molecule has 3 rings (SSSR count). The van der Waals surface area contributed by atoms with Crippen LogP contribution >= 0.6 is 23.2 Å². The highest BCUT2D eigenvalue weighted by molar-refractivity contribution is 6.33. The lowest BCUT2D eigenvalue weighted by molar-refractivity contribution is 1.21. The molecule has 2 aromatic carbocycles. The first-order valence-electron chi connectivity index (χ1n) is 6.07. The fourth-order valence-corrected chi connectivity index (χ4v) is 2.41. The van der Waals surface area contributed by atoms with Gasteiger partial charge in [0.2, 0.25) is 0 Å². The highest BCUT2D eigenvalue weighted by atomic mass is 35.5. The molecule has 0 fully saturated rings. The van der Waals surface area contributed by atoms with Crippen LogP contribution in [0.2, 0.25) is 10.0 Å². The molecule has 0 unspecified atom stereocenters. The Morgan fingerprint density at radius 3 is 1.35 bits per heavy atom. The average Bonchev–Trinajstić information content (AvgIpc) is 2.49. The van der Waals surface area contributed by atoms with Gasteiger partial charge < -0.3 is 0 Å². The molecule has 0 saturated heterocycles. The molecule has 0 saturated carbocycles. The van der Waals surface area contributed by atoms with Gasteiger partial charge in [-0.1, -0.05) is 59.6 Å². The Bertz CT molecular complexity index is 675. The lowest BCUT2D eigenvalue weighted by atomic mass is 10.1. The molecule has 3 aromatic rings. The molecule has 4 heteroatoms. The second-order valence-corrected chi connectivity index (χ2v) is 5.06. The SMILES string of the molecule is Clc1ccccc1-c1cnc(-c2ccccc2Cl)cn1. The molecule has 0 aliphatic heterocycles. The Morgan fingerprint density at radius 1 is 0.600 bits per heavy atom. The average molecular weight is 301 g/mol. The fraction of sp³-hybridized carbons (Fsp3) is 0. The number of hydrogen-bond acceptors (Lipinski definition) is 2. The first-order chi connectivity index (χ1) is 9.75. The number of hydrogen-bond donors (Lipinski definition) is 0. The van der Waals surface area contributed by atoms with E-state index in [1.165, 1.54) is 0 Å². The van der Waals surface area contributed by atoms with E-state index in [1.807, 2.05) is 48.5 Å². The zero-order valence-electron chi connectivity index (χ0n) is 10.4. The number of nitrogens with zero attached hydrogens (tertiary/aromatic N) is 2. The van der Waals surface area contributed by atoms with Crippen molar-refractivity contribution in [2.75, 3.05) is 0 Å².